The minimum Gasteiger partial charge on any atom is -0.370 e. The summed E-state index contributed by atoms with van der Waals surface area (Å²) in [4.78, 5) is 13.6. The minimum absolute atomic E-state index is 0. The van der Waals surface area contributed by atoms with Crippen molar-refractivity contribution in [2.24, 2.45) is 5.92 Å². The van der Waals surface area contributed by atoms with E-state index in [0.717, 1.165) is 24.7 Å². The van der Waals surface area contributed by atoms with E-state index in [0.29, 0.717) is 10.6 Å². The molecule has 0 aromatic heterocycles. The normalized spacial score (nSPS) is 16.3. The molecule has 2 nitrogen and oxygen atoms in total. The van der Waals surface area contributed by atoms with Crippen molar-refractivity contribution in [3.05, 3.63) is 28.8 Å². The van der Waals surface area contributed by atoms with Crippen LogP contribution in [-0.4, -0.2) is 18.9 Å². The second kappa shape index (κ2) is 6.44. The fourth-order valence-corrected chi connectivity index (χ4v) is 2.53. The van der Waals surface area contributed by atoms with Gasteiger partial charge in [0.25, 0.3) is 0 Å². The van der Waals surface area contributed by atoms with Gasteiger partial charge in [0.05, 0.1) is 10.7 Å². The number of benzene rings is 1. The number of carbonyl (C=O) groups excluding carboxylic acids is 1. The number of ketones is 1. The van der Waals surface area contributed by atoms with E-state index in [4.69, 9.17) is 11.6 Å². The molecule has 18 heavy (non-hydrogen) atoms. The van der Waals surface area contributed by atoms with Crippen LogP contribution < -0.4 is 4.90 Å². The van der Waals surface area contributed by atoms with Gasteiger partial charge in [-0.1, -0.05) is 18.5 Å². The smallest absolute Gasteiger partial charge is 0.159 e. The Morgan fingerprint density at radius 2 is 1.94 bits per heavy atom. The Morgan fingerprint density at radius 3 is 2.44 bits per heavy atom. The Labute approximate surface area is 120 Å². The Kier molecular flexibility index (Phi) is 5.48. The number of carbonyl (C=O) groups is 1. The predicted molar refractivity (Wildman–Crippen MR) is 79.3 cm³/mol. The van der Waals surface area contributed by atoms with Crippen LogP contribution >= 0.6 is 24.0 Å². The van der Waals surface area contributed by atoms with Crippen LogP contribution in [0.5, 0.6) is 0 Å². The average Bonchev–Trinajstić information content (AvgIpc) is 2.30. The number of nitrogens with zero attached hydrogens (tertiary/aromatic N) is 1. The van der Waals surface area contributed by atoms with E-state index in [2.05, 4.69) is 11.8 Å². The van der Waals surface area contributed by atoms with Gasteiger partial charge in [-0.25, -0.2) is 0 Å². The summed E-state index contributed by atoms with van der Waals surface area (Å²) in [5.41, 5.74) is 1.74. The van der Waals surface area contributed by atoms with Gasteiger partial charge in [0.15, 0.2) is 5.78 Å². The molecule has 0 radical (unpaired) electrons. The maximum Gasteiger partial charge on any atom is 0.159 e. The molecule has 0 atom stereocenters. The molecule has 0 bridgehead atoms. The highest BCUT2D eigenvalue weighted by atomic mass is 35.5. The minimum atomic E-state index is 0. The molecule has 1 aliphatic heterocycles. The van der Waals surface area contributed by atoms with Crippen molar-refractivity contribution >= 4 is 35.5 Å². The van der Waals surface area contributed by atoms with Crippen LogP contribution in [0.15, 0.2) is 18.2 Å². The number of piperidine rings is 1. The maximum atomic E-state index is 11.3. The van der Waals surface area contributed by atoms with Crippen LogP contribution in [0.25, 0.3) is 0 Å². The van der Waals surface area contributed by atoms with Gasteiger partial charge in [0.1, 0.15) is 0 Å². The highest BCUT2D eigenvalue weighted by Crippen LogP contribution is 2.30. The first-order valence-electron chi connectivity index (χ1n) is 6.13. The van der Waals surface area contributed by atoms with E-state index in [1.54, 1.807) is 13.0 Å². The van der Waals surface area contributed by atoms with Crippen molar-refractivity contribution in [1.29, 1.82) is 0 Å². The summed E-state index contributed by atoms with van der Waals surface area (Å²) < 4.78 is 0. The molecule has 0 aliphatic carbocycles. The largest absolute Gasteiger partial charge is 0.370 e. The van der Waals surface area contributed by atoms with Crippen molar-refractivity contribution < 1.29 is 4.79 Å². The maximum absolute atomic E-state index is 11.3. The summed E-state index contributed by atoms with van der Waals surface area (Å²) in [6.45, 7) is 5.96. The fraction of sp³-hybridized carbons (Fsp3) is 0.500. The Balaban J connectivity index is 0.00000162. The van der Waals surface area contributed by atoms with Crippen LogP contribution in [0.3, 0.4) is 0 Å². The lowest BCUT2D eigenvalue weighted by Crippen LogP contribution is -2.32. The molecule has 100 valence electrons. The average molecular weight is 288 g/mol. The Morgan fingerprint density at radius 1 is 1.33 bits per heavy atom. The van der Waals surface area contributed by atoms with E-state index < -0.39 is 0 Å². The van der Waals surface area contributed by atoms with Gasteiger partial charge in [0.2, 0.25) is 0 Å². The molecule has 0 saturated carbocycles. The van der Waals surface area contributed by atoms with E-state index in [9.17, 15) is 4.79 Å². The summed E-state index contributed by atoms with van der Waals surface area (Å²) in [5.74, 6) is 0.868. The van der Waals surface area contributed by atoms with Gasteiger partial charge in [-0.3, -0.25) is 4.79 Å². The summed E-state index contributed by atoms with van der Waals surface area (Å²) in [7, 11) is 0. The third-order valence-electron chi connectivity index (χ3n) is 3.48. The molecule has 1 aromatic carbocycles. The topological polar surface area (TPSA) is 20.3 Å². The summed E-state index contributed by atoms with van der Waals surface area (Å²) >= 11 is 6.25. The molecule has 1 fully saturated rings. The number of halogens is 2. The molecule has 1 aliphatic rings. The number of hydrogen-bond acceptors (Lipinski definition) is 2. The van der Waals surface area contributed by atoms with Crippen molar-refractivity contribution in [3.8, 4) is 0 Å². The van der Waals surface area contributed by atoms with Crippen molar-refractivity contribution in [3.63, 3.8) is 0 Å². The molecule has 1 aromatic rings. The number of Topliss-reactive ketones (excluding diaryl/α,β-unsaturated/α-hetero) is 1. The van der Waals surface area contributed by atoms with Gasteiger partial charge >= 0.3 is 0 Å². The number of rotatable bonds is 2. The van der Waals surface area contributed by atoms with Crippen LogP contribution in [-0.2, 0) is 0 Å². The predicted octanol–water partition coefficient (Wildman–Crippen LogP) is 4.20. The monoisotopic (exact) mass is 287 g/mol. The molecule has 4 heteroatoms. The molecule has 0 spiro atoms. The van der Waals surface area contributed by atoms with Gasteiger partial charge in [0, 0.05) is 18.7 Å². The van der Waals surface area contributed by atoms with Crippen molar-refractivity contribution in [1.82, 2.24) is 0 Å². The van der Waals surface area contributed by atoms with E-state index >= 15 is 0 Å². The molecule has 2 rings (SSSR count). The van der Waals surface area contributed by atoms with E-state index in [1.807, 2.05) is 12.1 Å². The van der Waals surface area contributed by atoms with Gasteiger partial charge in [-0.15, -0.1) is 12.4 Å². The van der Waals surface area contributed by atoms with Crippen LogP contribution in [0, 0.1) is 5.92 Å². The quantitative estimate of drug-likeness (QED) is 0.760. The summed E-state index contributed by atoms with van der Waals surface area (Å²) in [6, 6.07) is 5.61. The zero-order valence-corrected chi connectivity index (χ0v) is 12.4. The molecule has 1 heterocycles. The van der Waals surface area contributed by atoms with Gasteiger partial charge in [-0.05, 0) is 43.9 Å². The first kappa shape index (κ1) is 15.3. The lowest BCUT2D eigenvalue weighted by atomic mass is 9.98. The first-order chi connectivity index (χ1) is 8.08. The molecular formula is C14H19Cl2NO. The van der Waals surface area contributed by atoms with Crippen LogP contribution in [0.1, 0.15) is 37.0 Å². The molecule has 0 amide bonds. The van der Waals surface area contributed by atoms with Gasteiger partial charge < -0.3 is 4.90 Å². The first-order valence-corrected chi connectivity index (χ1v) is 6.51. The molecule has 0 unspecified atom stereocenters. The number of hydrogen-bond donors (Lipinski definition) is 0. The Bertz CT molecular complexity index is 426. The third-order valence-corrected chi connectivity index (χ3v) is 3.78. The zero-order valence-electron chi connectivity index (χ0n) is 10.8. The van der Waals surface area contributed by atoms with E-state index in [1.165, 1.54) is 12.8 Å². The van der Waals surface area contributed by atoms with Crippen molar-refractivity contribution in [2.75, 3.05) is 18.0 Å². The number of anilines is 1. The van der Waals surface area contributed by atoms with Crippen molar-refractivity contribution in [2.45, 2.75) is 26.7 Å². The fourth-order valence-electron chi connectivity index (χ4n) is 2.23. The highest BCUT2D eigenvalue weighted by Gasteiger charge is 2.18. The summed E-state index contributed by atoms with van der Waals surface area (Å²) in [5, 5.41) is 0.687. The highest BCUT2D eigenvalue weighted by molar-refractivity contribution is 6.33. The molecule has 1 saturated heterocycles. The zero-order chi connectivity index (χ0) is 12.4. The lowest BCUT2D eigenvalue weighted by Gasteiger charge is -2.32. The standard InChI is InChI=1S/C14H18ClNO.ClH/c1-10-5-7-16(8-6-10)14-4-3-12(11(2)17)9-13(14)15;/h3-4,9-10H,5-8H2,1-2H3;1H. The second-order valence-corrected chi connectivity index (χ2v) is 5.30. The Hall–Kier alpha value is -0.730. The van der Waals surface area contributed by atoms with Gasteiger partial charge in [-0.2, -0.15) is 0 Å². The van der Waals surface area contributed by atoms with Crippen LogP contribution in [0.4, 0.5) is 5.69 Å². The summed E-state index contributed by atoms with van der Waals surface area (Å²) in [6.07, 6.45) is 2.43. The van der Waals surface area contributed by atoms with Crippen LogP contribution in [0.2, 0.25) is 5.02 Å². The molecule has 0 N–H and O–H groups in total. The third kappa shape index (κ3) is 3.39. The van der Waals surface area contributed by atoms with E-state index in [-0.39, 0.29) is 18.2 Å². The lowest BCUT2D eigenvalue weighted by molar-refractivity contribution is 0.101. The SMILES string of the molecule is CC(=O)c1ccc(N2CCC(C)CC2)c(Cl)c1.Cl. The molecular weight excluding hydrogens is 269 g/mol. The second-order valence-electron chi connectivity index (χ2n) is 4.89.